The first-order chi connectivity index (χ1) is 6.63. The summed E-state index contributed by atoms with van der Waals surface area (Å²) < 4.78 is 29.2. The summed E-state index contributed by atoms with van der Waals surface area (Å²) >= 11 is 0. The summed E-state index contributed by atoms with van der Waals surface area (Å²) in [6.07, 6.45) is 1.40. The van der Waals surface area contributed by atoms with E-state index in [4.69, 9.17) is 4.18 Å². The van der Waals surface area contributed by atoms with E-state index in [9.17, 15) is 13.2 Å². The number of rotatable bonds is 5. The fraction of sp³-hybridized carbons (Fsp3) is 0.667. The van der Waals surface area contributed by atoms with Crippen LogP contribution < -0.4 is 4.72 Å². The average molecular weight is 235 g/mol. The zero-order chi connectivity index (χ0) is 12.3. The number of carbonyl (C=O) groups excluding carboxylic acids is 1. The van der Waals surface area contributed by atoms with E-state index in [1.807, 2.05) is 0 Å². The standard InChI is InChI=1S/C9H17NO4S/c1-6-9(5,7(2)3)14-15(12,13)10-8(4)11/h6-7H,1H2,2-5H3,(H,10,11). The molecule has 1 unspecified atom stereocenters. The van der Waals surface area contributed by atoms with Crippen LogP contribution in [-0.4, -0.2) is 19.9 Å². The maximum Gasteiger partial charge on any atom is 0.363 e. The Morgan fingerprint density at radius 3 is 2.27 bits per heavy atom. The van der Waals surface area contributed by atoms with Crippen molar-refractivity contribution in [2.24, 2.45) is 5.92 Å². The van der Waals surface area contributed by atoms with Gasteiger partial charge in [0.15, 0.2) is 0 Å². The maximum atomic E-state index is 11.3. The van der Waals surface area contributed by atoms with Crippen LogP contribution in [-0.2, 0) is 19.3 Å². The van der Waals surface area contributed by atoms with Crippen molar-refractivity contribution in [3.05, 3.63) is 12.7 Å². The van der Waals surface area contributed by atoms with Gasteiger partial charge in [-0.25, -0.2) is 8.91 Å². The molecule has 0 aromatic carbocycles. The van der Waals surface area contributed by atoms with Crippen molar-refractivity contribution in [1.29, 1.82) is 0 Å². The highest BCUT2D eigenvalue weighted by Crippen LogP contribution is 2.24. The molecule has 0 heterocycles. The molecule has 1 atom stereocenters. The van der Waals surface area contributed by atoms with Crippen molar-refractivity contribution in [3.8, 4) is 0 Å². The molecule has 6 heteroatoms. The SMILES string of the molecule is C=CC(C)(OS(=O)(=O)NC(C)=O)C(C)C. The minimum Gasteiger partial charge on any atom is -0.274 e. The first-order valence-electron chi connectivity index (χ1n) is 4.50. The van der Waals surface area contributed by atoms with E-state index >= 15 is 0 Å². The molecule has 0 aromatic rings. The van der Waals surface area contributed by atoms with Crippen LogP contribution in [0.1, 0.15) is 27.7 Å². The Morgan fingerprint density at radius 1 is 1.53 bits per heavy atom. The van der Waals surface area contributed by atoms with Crippen molar-refractivity contribution in [3.63, 3.8) is 0 Å². The summed E-state index contributed by atoms with van der Waals surface area (Å²) in [6, 6.07) is 0. The zero-order valence-electron chi connectivity index (χ0n) is 9.40. The number of nitrogens with one attached hydrogen (secondary N) is 1. The molecular formula is C9H17NO4S. The third-order valence-electron chi connectivity index (χ3n) is 2.11. The molecule has 0 fully saturated rings. The summed E-state index contributed by atoms with van der Waals surface area (Å²) in [6.45, 7) is 9.79. The number of amides is 1. The smallest absolute Gasteiger partial charge is 0.274 e. The second-order valence-electron chi connectivity index (χ2n) is 3.74. The topological polar surface area (TPSA) is 72.5 Å². The Labute approximate surface area is 90.8 Å². The number of hydrogen-bond donors (Lipinski definition) is 1. The minimum absolute atomic E-state index is 0.0847. The number of carbonyl (C=O) groups is 1. The molecule has 5 nitrogen and oxygen atoms in total. The van der Waals surface area contributed by atoms with E-state index in [1.165, 1.54) is 6.08 Å². The summed E-state index contributed by atoms with van der Waals surface area (Å²) in [4.78, 5) is 10.6. The Kier molecular flexibility index (Phi) is 4.48. The second-order valence-corrected chi connectivity index (χ2v) is 5.02. The zero-order valence-corrected chi connectivity index (χ0v) is 10.2. The molecule has 0 spiro atoms. The first-order valence-corrected chi connectivity index (χ1v) is 5.91. The van der Waals surface area contributed by atoms with Crippen LogP contribution in [0.2, 0.25) is 0 Å². The van der Waals surface area contributed by atoms with Crippen molar-refractivity contribution < 1.29 is 17.4 Å². The molecule has 1 amide bonds. The molecule has 1 N–H and O–H groups in total. The third-order valence-corrected chi connectivity index (χ3v) is 3.23. The first kappa shape index (κ1) is 14.1. The molecule has 88 valence electrons. The van der Waals surface area contributed by atoms with Gasteiger partial charge in [0, 0.05) is 6.92 Å². The van der Waals surface area contributed by atoms with E-state index < -0.39 is 21.8 Å². The van der Waals surface area contributed by atoms with Crippen molar-refractivity contribution in [1.82, 2.24) is 4.72 Å². The van der Waals surface area contributed by atoms with Crippen LogP contribution in [0.25, 0.3) is 0 Å². The van der Waals surface area contributed by atoms with E-state index in [1.54, 1.807) is 25.5 Å². The predicted octanol–water partition coefficient (Wildman–Crippen LogP) is 0.985. The van der Waals surface area contributed by atoms with Gasteiger partial charge in [0.05, 0.1) is 0 Å². The second kappa shape index (κ2) is 4.76. The van der Waals surface area contributed by atoms with E-state index in [0.717, 1.165) is 6.92 Å². The Morgan fingerprint density at radius 2 is 2.00 bits per heavy atom. The van der Waals surface area contributed by atoms with Gasteiger partial charge in [0.1, 0.15) is 5.60 Å². The molecule has 0 saturated carbocycles. The maximum absolute atomic E-state index is 11.3. The van der Waals surface area contributed by atoms with Crippen LogP contribution in [0.15, 0.2) is 12.7 Å². The van der Waals surface area contributed by atoms with Crippen molar-refractivity contribution >= 4 is 16.2 Å². The van der Waals surface area contributed by atoms with E-state index in [-0.39, 0.29) is 5.92 Å². The molecule has 0 aliphatic heterocycles. The monoisotopic (exact) mass is 235 g/mol. The van der Waals surface area contributed by atoms with Crippen molar-refractivity contribution in [2.45, 2.75) is 33.3 Å². The minimum atomic E-state index is -4.07. The van der Waals surface area contributed by atoms with Gasteiger partial charge in [-0.2, -0.15) is 8.42 Å². The van der Waals surface area contributed by atoms with Gasteiger partial charge in [-0.3, -0.25) is 4.79 Å². The van der Waals surface area contributed by atoms with Gasteiger partial charge in [-0.1, -0.05) is 19.9 Å². The molecule has 0 radical (unpaired) electrons. The van der Waals surface area contributed by atoms with Gasteiger partial charge in [-0.15, -0.1) is 6.58 Å². The molecule has 15 heavy (non-hydrogen) atoms. The molecule has 0 bridgehead atoms. The fourth-order valence-corrected chi connectivity index (χ4v) is 1.93. The summed E-state index contributed by atoms with van der Waals surface area (Å²) in [7, 11) is -4.07. The quantitative estimate of drug-likeness (QED) is 0.721. The van der Waals surface area contributed by atoms with Gasteiger partial charge in [-0.05, 0) is 12.8 Å². The van der Waals surface area contributed by atoms with Gasteiger partial charge in [0.25, 0.3) is 0 Å². The van der Waals surface area contributed by atoms with Crippen LogP contribution in [0, 0.1) is 5.92 Å². The summed E-state index contributed by atoms with van der Waals surface area (Å²) in [5, 5.41) is 0. The lowest BCUT2D eigenvalue weighted by Crippen LogP contribution is -2.41. The summed E-state index contributed by atoms with van der Waals surface area (Å²) in [5.74, 6) is -0.774. The molecule has 0 aromatic heterocycles. The van der Waals surface area contributed by atoms with Crippen LogP contribution in [0.3, 0.4) is 0 Å². The highest BCUT2D eigenvalue weighted by molar-refractivity contribution is 7.85. The van der Waals surface area contributed by atoms with Gasteiger partial charge in [0.2, 0.25) is 5.91 Å². The lowest BCUT2D eigenvalue weighted by atomic mass is 9.93. The lowest BCUT2D eigenvalue weighted by Gasteiger charge is -2.29. The van der Waals surface area contributed by atoms with Crippen molar-refractivity contribution in [2.75, 3.05) is 0 Å². The average Bonchev–Trinajstić information content (AvgIpc) is 2.00. The van der Waals surface area contributed by atoms with Gasteiger partial charge >= 0.3 is 10.3 Å². The molecular weight excluding hydrogens is 218 g/mol. The van der Waals surface area contributed by atoms with Crippen LogP contribution >= 0.6 is 0 Å². The number of hydrogen-bond acceptors (Lipinski definition) is 4. The summed E-state index contributed by atoms with van der Waals surface area (Å²) in [5.41, 5.74) is -1.03. The highest BCUT2D eigenvalue weighted by Gasteiger charge is 2.32. The lowest BCUT2D eigenvalue weighted by molar-refractivity contribution is -0.117. The normalized spacial score (nSPS) is 15.8. The largest absolute Gasteiger partial charge is 0.363 e. The molecule has 0 rings (SSSR count). The third kappa shape index (κ3) is 4.44. The van der Waals surface area contributed by atoms with E-state index in [0.29, 0.717) is 0 Å². The molecule has 0 saturated heterocycles. The Hall–Kier alpha value is -0.880. The molecule has 0 aliphatic carbocycles. The van der Waals surface area contributed by atoms with E-state index in [2.05, 4.69) is 6.58 Å². The predicted molar refractivity (Wildman–Crippen MR) is 57.3 cm³/mol. The van der Waals surface area contributed by atoms with Crippen LogP contribution in [0.4, 0.5) is 0 Å². The van der Waals surface area contributed by atoms with Gasteiger partial charge < -0.3 is 0 Å². The Bertz CT molecular complexity index is 347. The van der Waals surface area contributed by atoms with Crippen LogP contribution in [0.5, 0.6) is 0 Å². The molecule has 0 aliphatic rings. The highest BCUT2D eigenvalue weighted by atomic mass is 32.2. The fourth-order valence-electron chi connectivity index (χ4n) is 0.799. The Balaban J connectivity index is 4.84.